The van der Waals surface area contributed by atoms with E-state index in [1.807, 2.05) is 0 Å². The minimum absolute atomic E-state index is 0.00417. The Morgan fingerprint density at radius 3 is 2.25 bits per heavy atom. The van der Waals surface area contributed by atoms with Crippen LogP contribution < -0.4 is 11.5 Å². The van der Waals surface area contributed by atoms with Gasteiger partial charge in [0.15, 0.2) is 0 Å². The molecule has 0 spiro atoms. The lowest BCUT2D eigenvalue weighted by atomic mass is 10.0. The molecule has 0 bridgehead atoms. The normalized spacial score (nSPS) is 18.0. The van der Waals surface area contributed by atoms with E-state index in [-0.39, 0.29) is 6.61 Å². The van der Waals surface area contributed by atoms with Crippen LogP contribution in [0.5, 0.6) is 0 Å². The van der Waals surface area contributed by atoms with E-state index in [0.717, 1.165) is 0 Å². The van der Waals surface area contributed by atoms with E-state index < -0.39 is 5.54 Å². The van der Waals surface area contributed by atoms with E-state index in [2.05, 4.69) is 0 Å². The third-order valence-electron chi connectivity index (χ3n) is 1.08. The van der Waals surface area contributed by atoms with Gasteiger partial charge in [-0.15, -0.1) is 0 Å². The zero-order chi connectivity index (χ0) is 6.62. The summed E-state index contributed by atoms with van der Waals surface area (Å²) in [5.41, 5.74) is 10.2. The van der Waals surface area contributed by atoms with E-state index in [4.69, 9.17) is 16.6 Å². The van der Waals surface area contributed by atoms with Crippen molar-refractivity contribution in [3.8, 4) is 0 Å². The van der Waals surface area contributed by atoms with Crippen molar-refractivity contribution in [3.63, 3.8) is 0 Å². The fraction of sp³-hybridized carbons (Fsp3) is 1.00. The summed E-state index contributed by atoms with van der Waals surface area (Å²) in [6.07, 6.45) is 0.670. The van der Waals surface area contributed by atoms with Gasteiger partial charge in [0.1, 0.15) is 0 Å². The number of rotatable bonds is 3. The van der Waals surface area contributed by atoms with Gasteiger partial charge in [-0.05, 0) is 19.9 Å². The van der Waals surface area contributed by atoms with Crippen LogP contribution in [0, 0.1) is 0 Å². The van der Waals surface area contributed by atoms with Gasteiger partial charge in [0, 0.05) is 5.54 Å². The number of aliphatic hydroxyl groups excluding tert-OH is 1. The number of nitrogens with two attached hydrogens (primary N) is 2. The minimum atomic E-state index is -0.477. The Bertz CT molecular complexity index is 63.4. The summed E-state index contributed by atoms with van der Waals surface area (Å²) < 4.78 is 0. The molecule has 0 aromatic rings. The standard InChI is InChI=1S/C5H14N2O/c1-5(7,4-8)2-3-6/h8H,2-4,6-7H2,1H3. The van der Waals surface area contributed by atoms with Crippen molar-refractivity contribution < 1.29 is 5.11 Å². The summed E-state index contributed by atoms with van der Waals surface area (Å²) in [5, 5.41) is 8.54. The summed E-state index contributed by atoms with van der Waals surface area (Å²) in [5.74, 6) is 0. The predicted octanol–water partition coefficient (Wildman–Crippen LogP) is -0.955. The molecule has 3 heteroatoms. The molecule has 0 aliphatic carbocycles. The maximum Gasteiger partial charge on any atom is 0.0608 e. The molecule has 1 atom stereocenters. The largest absolute Gasteiger partial charge is 0.394 e. The summed E-state index contributed by atoms with van der Waals surface area (Å²) in [7, 11) is 0. The molecule has 0 aliphatic heterocycles. The van der Waals surface area contributed by atoms with Crippen molar-refractivity contribution >= 4 is 0 Å². The van der Waals surface area contributed by atoms with Crippen LogP contribution in [0.4, 0.5) is 0 Å². The highest BCUT2D eigenvalue weighted by molar-refractivity contribution is 4.76. The molecule has 0 aromatic carbocycles. The lowest BCUT2D eigenvalue weighted by molar-refractivity contribution is 0.202. The summed E-state index contributed by atoms with van der Waals surface area (Å²) >= 11 is 0. The zero-order valence-corrected chi connectivity index (χ0v) is 5.22. The molecule has 0 heterocycles. The quantitative estimate of drug-likeness (QED) is 0.447. The number of aliphatic hydroxyl groups is 1. The van der Waals surface area contributed by atoms with Gasteiger partial charge >= 0.3 is 0 Å². The molecule has 5 N–H and O–H groups in total. The second-order valence-electron chi connectivity index (χ2n) is 2.35. The Hall–Kier alpha value is -0.120. The van der Waals surface area contributed by atoms with Gasteiger partial charge in [0.05, 0.1) is 6.61 Å². The van der Waals surface area contributed by atoms with E-state index in [1.54, 1.807) is 6.92 Å². The van der Waals surface area contributed by atoms with Crippen molar-refractivity contribution in [3.05, 3.63) is 0 Å². The predicted molar refractivity (Wildman–Crippen MR) is 33.3 cm³/mol. The molecule has 0 aliphatic rings. The van der Waals surface area contributed by atoms with Crippen LogP contribution in [0.15, 0.2) is 0 Å². The lowest BCUT2D eigenvalue weighted by Gasteiger charge is -2.19. The molecular formula is C5H14N2O. The number of hydrogen-bond donors (Lipinski definition) is 3. The molecule has 0 aromatic heterocycles. The van der Waals surface area contributed by atoms with Crippen molar-refractivity contribution in [1.82, 2.24) is 0 Å². The van der Waals surface area contributed by atoms with E-state index in [9.17, 15) is 0 Å². The van der Waals surface area contributed by atoms with Crippen LogP contribution in [0.1, 0.15) is 13.3 Å². The second kappa shape index (κ2) is 3.02. The van der Waals surface area contributed by atoms with Gasteiger partial charge < -0.3 is 16.6 Å². The fourth-order valence-electron chi connectivity index (χ4n) is 0.409. The molecule has 50 valence electrons. The van der Waals surface area contributed by atoms with Crippen LogP contribution in [0.3, 0.4) is 0 Å². The van der Waals surface area contributed by atoms with E-state index >= 15 is 0 Å². The second-order valence-corrected chi connectivity index (χ2v) is 2.35. The molecule has 1 unspecified atom stereocenters. The molecule has 0 rings (SSSR count). The number of hydrogen-bond acceptors (Lipinski definition) is 3. The van der Waals surface area contributed by atoms with Gasteiger partial charge in [-0.3, -0.25) is 0 Å². The topological polar surface area (TPSA) is 72.3 Å². The van der Waals surface area contributed by atoms with Crippen LogP contribution in [0.25, 0.3) is 0 Å². The Balaban J connectivity index is 3.37. The van der Waals surface area contributed by atoms with Crippen LogP contribution >= 0.6 is 0 Å². The molecule has 0 radical (unpaired) electrons. The average Bonchev–Trinajstić information content (AvgIpc) is 1.67. The first kappa shape index (κ1) is 7.88. The monoisotopic (exact) mass is 118 g/mol. The van der Waals surface area contributed by atoms with Gasteiger partial charge in [0.2, 0.25) is 0 Å². The van der Waals surface area contributed by atoms with Gasteiger partial charge in [0.25, 0.3) is 0 Å². The van der Waals surface area contributed by atoms with Crippen molar-refractivity contribution in [2.24, 2.45) is 11.5 Å². The maximum atomic E-state index is 8.54. The Morgan fingerprint density at radius 1 is 1.62 bits per heavy atom. The van der Waals surface area contributed by atoms with Gasteiger partial charge in [-0.2, -0.15) is 0 Å². The Labute approximate surface area is 49.7 Å². The van der Waals surface area contributed by atoms with Gasteiger partial charge in [-0.1, -0.05) is 0 Å². The van der Waals surface area contributed by atoms with E-state index in [1.165, 1.54) is 0 Å². The van der Waals surface area contributed by atoms with Crippen molar-refractivity contribution in [1.29, 1.82) is 0 Å². The zero-order valence-electron chi connectivity index (χ0n) is 5.22. The Morgan fingerprint density at radius 2 is 2.12 bits per heavy atom. The first-order chi connectivity index (χ1) is 3.62. The molecular weight excluding hydrogens is 104 g/mol. The summed E-state index contributed by atoms with van der Waals surface area (Å²) in [6, 6.07) is 0. The summed E-state index contributed by atoms with van der Waals surface area (Å²) in [4.78, 5) is 0. The third-order valence-corrected chi connectivity index (χ3v) is 1.08. The average molecular weight is 118 g/mol. The van der Waals surface area contributed by atoms with E-state index in [0.29, 0.717) is 13.0 Å². The Kier molecular flexibility index (Phi) is 2.97. The van der Waals surface area contributed by atoms with Crippen molar-refractivity contribution in [2.75, 3.05) is 13.2 Å². The minimum Gasteiger partial charge on any atom is -0.394 e. The van der Waals surface area contributed by atoms with Crippen molar-refractivity contribution in [2.45, 2.75) is 18.9 Å². The van der Waals surface area contributed by atoms with Gasteiger partial charge in [-0.25, -0.2) is 0 Å². The fourth-order valence-corrected chi connectivity index (χ4v) is 0.409. The summed E-state index contributed by atoms with van der Waals surface area (Å²) in [6.45, 7) is 2.32. The molecule has 0 amide bonds. The highest BCUT2D eigenvalue weighted by atomic mass is 16.3. The maximum absolute atomic E-state index is 8.54. The molecule has 0 saturated carbocycles. The van der Waals surface area contributed by atoms with Crippen LogP contribution in [-0.2, 0) is 0 Å². The molecule has 0 fully saturated rings. The third kappa shape index (κ3) is 2.96. The van der Waals surface area contributed by atoms with Crippen LogP contribution in [0.2, 0.25) is 0 Å². The smallest absolute Gasteiger partial charge is 0.0608 e. The first-order valence-corrected chi connectivity index (χ1v) is 2.72. The highest BCUT2D eigenvalue weighted by Crippen LogP contribution is 2.00. The lowest BCUT2D eigenvalue weighted by Crippen LogP contribution is -2.41. The first-order valence-electron chi connectivity index (χ1n) is 2.72. The molecule has 3 nitrogen and oxygen atoms in total. The SMILES string of the molecule is CC(N)(CO)CCN. The highest BCUT2D eigenvalue weighted by Gasteiger charge is 2.14. The van der Waals surface area contributed by atoms with Crippen LogP contribution in [-0.4, -0.2) is 23.8 Å². The molecule has 8 heavy (non-hydrogen) atoms. The molecule has 0 saturated heterocycles.